The van der Waals surface area contributed by atoms with E-state index in [2.05, 4.69) is 0 Å². The maximum atomic E-state index is 8.06. The van der Waals surface area contributed by atoms with Crippen LogP contribution in [0.25, 0.3) is 0 Å². The summed E-state index contributed by atoms with van der Waals surface area (Å²) in [5, 5.41) is 0. The average Bonchev–Trinajstić information content (AvgIpc) is 1.00. The van der Waals surface area contributed by atoms with Gasteiger partial charge in [0.1, 0.15) is 0 Å². The largest absolute Gasteiger partial charge is 3.00 e. The first-order valence-electron chi connectivity index (χ1n) is 0.204. The Labute approximate surface area is 38.1 Å². The zero-order valence-electron chi connectivity index (χ0n) is 1.89. The molecular weight excluding hydrogens is 87.1 g/mol. The number of hydrogen-bond acceptors (Lipinski definition) is 1. The summed E-state index contributed by atoms with van der Waals surface area (Å²) in [7, 11) is 1.72. The quantitative estimate of drug-likeness (QED) is 0.349. The molecule has 0 radical (unpaired) electrons. The first-order chi connectivity index (χ1) is 1.00. The normalized spacial score (nSPS) is 1.50. The Morgan fingerprint density at radius 2 is 1.25 bits per heavy atom. The van der Waals surface area contributed by atoms with E-state index < -0.39 is 0 Å². The van der Waals surface area contributed by atoms with E-state index in [9.17, 15) is 0 Å². The summed E-state index contributed by atoms with van der Waals surface area (Å²) in [5.41, 5.74) is 0. The molecule has 0 aliphatic rings. The molecule has 0 aromatic rings. The maximum Gasteiger partial charge on any atom is 3.00 e. The van der Waals surface area contributed by atoms with Crippen LogP contribution in [0.5, 0.6) is 0 Å². The van der Waals surface area contributed by atoms with Crippen LogP contribution in [0.2, 0.25) is 0 Å². The predicted molar refractivity (Wildman–Crippen MR) is 12.9 cm³/mol. The molecule has 0 aliphatic carbocycles. The van der Waals surface area contributed by atoms with Crippen molar-refractivity contribution in [2.24, 2.45) is 0 Å². The van der Waals surface area contributed by atoms with E-state index in [0.717, 1.165) is 0 Å². The van der Waals surface area contributed by atoms with Crippen LogP contribution < -0.4 is 0 Å². The van der Waals surface area contributed by atoms with Crippen LogP contribution in [-0.4, -0.2) is 27.5 Å². The molecule has 2 nitrogen and oxygen atoms in total. The maximum absolute atomic E-state index is 8.06. The number of hydrogen-bond donors (Lipinski definition) is 0. The molecule has 0 spiro atoms. The van der Waals surface area contributed by atoms with Gasteiger partial charge in [-0.1, -0.05) is 0 Å². The fraction of sp³-hybridized carbons (Fsp3) is 0. The van der Waals surface area contributed by atoms with E-state index in [1.165, 1.54) is 0 Å². The van der Waals surface area contributed by atoms with Crippen molar-refractivity contribution in [3.63, 3.8) is 0 Å². The van der Waals surface area contributed by atoms with E-state index in [0.29, 0.717) is 0 Å². The molecule has 0 rings (SSSR count). The molecule has 0 N–H and O–H groups in total. The standard InChI is InChI=1S/Al.OSi.O/c;1-2;/q+3;+2;-2. The van der Waals surface area contributed by atoms with Gasteiger partial charge >= 0.3 is 32.0 Å². The van der Waals surface area contributed by atoms with Crippen molar-refractivity contribution in [1.29, 1.82) is 0 Å². The van der Waals surface area contributed by atoms with Crippen LogP contribution in [0, 0.1) is 0 Å². The molecule has 0 amide bonds. The van der Waals surface area contributed by atoms with Crippen LogP contribution in [0.1, 0.15) is 0 Å². The third kappa shape index (κ3) is 22.0. The summed E-state index contributed by atoms with van der Waals surface area (Å²) in [6, 6.07) is 0. The molecule has 0 heterocycles. The smallest absolute Gasteiger partial charge is 2.00 e. The fourth-order valence-corrected chi connectivity index (χ4v) is 0. The SMILES string of the molecule is O=[Si+2].[Al+3].[O-2]. The van der Waals surface area contributed by atoms with Crippen molar-refractivity contribution >= 4 is 27.5 Å². The summed E-state index contributed by atoms with van der Waals surface area (Å²) in [6.45, 7) is 0. The fourth-order valence-electron chi connectivity index (χ4n) is 0. The van der Waals surface area contributed by atoms with E-state index in [4.69, 9.17) is 4.46 Å². The Hall–Kier alpha value is 0.509. The van der Waals surface area contributed by atoms with Crippen molar-refractivity contribution in [3.8, 4) is 0 Å². The molecule has 0 bridgehead atoms. The Bertz CT molecular complexity index is 6.00. The monoisotopic (exact) mass is 86.9 g/mol. The van der Waals surface area contributed by atoms with Gasteiger partial charge in [-0.2, -0.15) is 0 Å². The number of rotatable bonds is 0. The molecule has 0 unspecified atom stereocenters. The van der Waals surface area contributed by atoms with E-state index in [-0.39, 0.29) is 22.8 Å². The molecule has 0 aromatic heterocycles. The average molecular weight is 87.1 g/mol. The van der Waals surface area contributed by atoms with Gasteiger partial charge in [0.2, 0.25) is 0 Å². The second-order valence-corrected chi connectivity index (χ2v) is 0. The predicted octanol–water partition coefficient (Wildman–Crippen LogP) is -0.999. The molecule has 0 aliphatic heterocycles. The van der Waals surface area contributed by atoms with Crippen molar-refractivity contribution in [1.82, 2.24) is 0 Å². The second-order valence-electron chi connectivity index (χ2n) is 0. The first kappa shape index (κ1) is 24.4. The Kier molecular flexibility index (Phi) is 519. The van der Waals surface area contributed by atoms with E-state index >= 15 is 0 Å². The third-order valence-electron chi connectivity index (χ3n) is 0. The van der Waals surface area contributed by atoms with Gasteiger partial charge in [0.05, 0.1) is 0 Å². The molecule has 0 saturated heterocycles. The van der Waals surface area contributed by atoms with Crippen LogP contribution >= 0.6 is 0 Å². The van der Waals surface area contributed by atoms with Crippen LogP contribution in [0.3, 0.4) is 0 Å². The van der Waals surface area contributed by atoms with Gasteiger partial charge in [-0.15, -0.1) is 0 Å². The molecule has 0 fully saturated rings. The van der Waals surface area contributed by atoms with Gasteiger partial charge in [0.15, 0.2) is 0 Å². The van der Waals surface area contributed by atoms with E-state index in [1.807, 2.05) is 0 Å². The van der Waals surface area contributed by atoms with Crippen molar-refractivity contribution < 1.29 is 9.94 Å². The zero-order chi connectivity index (χ0) is 2.00. The molecule has 0 aromatic carbocycles. The van der Waals surface area contributed by atoms with E-state index in [1.54, 1.807) is 10.1 Å². The Morgan fingerprint density at radius 1 is 1.25 bits per heavy atom. The summed E-state index contributed by atoms with van der Waals surface area (Å²) in [5.74, 6) is 0. The van der Waals surface area contributed by atoms with Crippen molar-refractivity contribution in [2.75, 3.05) is 0 Å². The van der Waals surface area contributed by atoms with Crippen molar-refractivity contribution in [2.45, 2.75) is 0 Å². The second kappa shape index (κ2) is 85.2. The minimum atomic E-state index is 0. The van der Waals surface area contributed by atoms with Gasteiger partial charge in [-0.3, -0.25) is 0 Å². The minimum Gasteiger partial charge on any atom is -2.00 e. The topological polar surface area (TPSA) is 45.6 Å². The first-order valence-corrected chi connectivity index (χ1v) is 0.612. The minimum absolute atomic E-state index is 0. The van der Waals surface area contributed by atoms with Gasteiger partial charge in [-0.25, -0.2) is 0 Å². The molecule has 0 saturated carbocycles. The zero-order valence-corrected chi connectivity index (χ0v) is 4.05. The van der Waals surface area contributed by atoms with Gasteiger partial charge in [-0.05, 0) is 0 Å². The summed E-state index contributed by atoms with van der Waals surface area (Å²) in [4.78, 5) is 0. The van der Waals surface area contributed by atoms with Crippen LogP contribution in [0.15, 0.2) is 0 Å². The molecule has 16 valence electrons. The Balaban J connectivity index is -0.00000000500. The molecule has 4 heavy (non-hydrogen) atoms. The van der Waals surface area contributed by atoms with Crippen LogP contribution in [0.4, 0.5) is 0 Å². The third-order valence-corrected chi connectivity index (χ3v) is 0. The molecule has 0 atom stereocenters. The summed E-state index contributed by atoms with van der Waals surface area (Å²) in [6.07, 6.45) is 0. The van der Waals surface area contributed by atoms with Gasteiger partial charge in [0.25, 0.3) is 0 Å². The summed E-state index contributed by atoms with van der Waals surface area (Å²) >= 11 is 0. The van der Waals surface area contributed by atoms with Crippen LogP contribution in [-0.2, 0) is 9.94 Å². The molecule has 4 heteroatoms. The van der Waals surface area contributed by atoms with Gasteiger partial charge < -0.3 is 5.48 Å². The summed E-state index contributed by atoms with van der Waals surface area (Å²) < 4.78 is 8.06. The van der Waals surface area contributed by atoms with Gasteiger partial charge in [0, 0.05) is 0 Å². The molecular formula is AlO2Si+3. The Morgan fingerprint density at radius 3 is 1.25 bits per heavy atom. The van der Waals surface area contributed by atoms with Crippen molar-refractivity contribution in [3.05, 3.63) is 0 Å².